The van der Waals surface area contributed by atoms with Crippen molar-refractivity contribution in [3.63, 3.8) is 0 Å². The van der Waals surface area contributed by atoms with Gasteiger partial charge in [0.05, 0.1) is 12.0 Å². The molecule has 1 fully saturated rings. The molecule has 0 unspecified atom stereocenters. The predicted molar refractivity (Wildman–Crippen MR) is 219 cm³/mol. The molecule has 16 heteroatoms. The molecule has 1 saturated heterocycles. The third kappa shape index (κ3) is 14.4. The molecule has 3 rings (SSSR count). The largest absolute Gasteiger partial charge is 0.508 e. The molecule has 0 radical (unpaired) electrons. The molecule has 0 bridgehead atoms. The summed E-state index contributed by atoms with van der Waals surface area (Å²) in [7, 11) is 1.90. The Kier molecular flexibility index (Phi) is 19.1. The topological polar surface area (TPSA) is 205 Å². The van der Waals surface area contributed by atoms with Gasteiger partial charge in [0.15, 0.2) is 12.8 Å². The second-order valence-corrected chi connectivity index (χ2v) is 16.7. The lowest BCUT2D eigenvalue weighted by molar-refractivity contribution is -0.160. The first-order valence-electron chi connectivity index (χ1n) is 20.4. The van der Waals surface area contributed by atoms with E-state index in [4.69, 9.17) is 9.47 Å². The van der Waals surface area contributed by atoms with Gasteiger partial charge in [-0.2, -0.15) is 0 Å². The minimum absolute atomic E-state index is 0.0330. The van der Waals surface area contributed by atoms with Crippen molar-refractivity contribution >= 4 is 47.0 Å². The van der Waals surface area contributed by atoms with Gasteiger partial charge < -0.3 is 35.2 Å². The summed E-state index contributed by atoms with van der Waals surface area (Å²) in [5.74, 6) is -4.54. The first-order chi connectivity index (χ1) is 27.4. The number of aliphatic carboxylic acids is 1. The Bertz CT molecular complexity index is 1680. The number of phenols is 1. The number of likely N-dealkylation sites (tertiary alicyclic amines) is 1. The number of amides is 3. The van der Waals surface area contributed by atoms with Crippen LogP contribution >= 0.6 is 11.3 Å². The number of thiazole rings is 1. The molecular formula is C42H63N5O10S. The number of likely N-dealkylation sites (N-methyl/N-ethyl adjacent to an activating group) is 1. The number of esters is 2. The van der Waals surface area contributed by atoms with Gasteiger partial charge in [-0.05, 0) is 75.2 Å². The summed E-state index contributed by atoms with van der Waals surface area (Å²) in [5, 5.41) is 27.1. The number of nitrogens with zero attached hydrogens (tertiary/aromatic N) is 3. The number of ether oxygens (including phenoxy) is 2. The molecule has 3 amide bonds. The quantitative estimate of drug-likeness (QED) is 0.0863. The lowest BCUT2D eigenvalue weighted by Gasteiger charge is -2.39. The number of nitrogens with one attached hydrogen (secondary N) is 2. The Hall–Kier alpha value is -4.57. The second kappa shape index (κ2) is 23.1. The van der Waals surface area contributed by atoms with Crippen LogP contribution < -0.4 is 10.6 Å². The highest BCUT2D eigenvalue weighted by atomic mass is 32.1. The van der Waals surface area contributed by atoms with E-state index >= 15 is 0 Å². The summed E-state index contributed by atoms with van der Waals surface area (Å²) in [6, 6.07) is 3.85. The number of carbonyl (C=O) groups excluding carboxylic acids is 5. The molecule has 2 aromatic rings. The smallest absolute Gasteiger partial charge is 0.307 e. The van der Waals surface area contributed by atoms with Crippen molar-refractivity contribution in [2.24, 2.45) is 17.8 Å². The van der Waals surface area contributed by atoms with E-state index in [0.29, 0.717) is 30.7 Å². The average Bonchev–Trinajstić information content (AvgIpc) is 3.67. The number of piperidine rings is 1. The normalized spacial score (nSPS) is 17.6. The van der Waals surface area contributed by atoms with Gasteiger partial charge in [-0.3, -0.25) is 33.7 Å². The molecule has 58 heavy (non-hydrogen) atoms. The summed E-state index contributed by atoms with van der Waals surface area (Å²) in [6.45, 7) is 12.7. The molecule has 322 valence electrons. The maximum Gasteiger partial charge on any atom is 0.307 e. The minimum atomic E-state index is -1.01. The van der Waals surface area contributed by atoms with Crippen molar-refractivity contribution in [1.29, 1.82) is 0 Å². The maximum absolute atomic E-state index is 14.7. The number of carboxylic acids is 1. The number of carboxylic acid groups (broad SMARTS) is 1. The molecule has 0 saturated carbocycles. The van der Waals surface area contributed by atoms with Gasteiger partial charge in [-0.1, -0.05) is 66.5 Å². The Morgan fingerprint density at radius 3 is 2.29 bits per heavy atom. The number of aromatic hydroxyl groups is 1. The Labute approximate surface area is 346 Å². The monoisotopic (exact) mass is 829 g/mol. The fourth-order valence-electron chi connectivity index (χ4n) is 7.07. The number of rotatable bonds is 22. The van der Waals surface area contributed by atoms with Crippen LogP contribution in [0.3, 0.4) is 0 Å². The van der Waals surface area contributed by atoms with Gasteiger partial charge in [0, 0.05) is 37.2 Å². The third-order valence-electron chi connectivity index (χ3n) is 10.7. The van der Waals surface area contributed by atoms with Crippen LogP contribution in [0, 0.1) is 17.8 Å². The number of carbonyl (C=O) groups is 6. The first-order valence-corrected chi connectivity index (χ1v) is 21.2. The molecule has 0 aliphatic carbocycles. The average molecular weight is 830 g/mol. The molecule has 7 atom stereocenters. The Morgan fingerprint density at radius 2 is 1.71 bits per heavy atom. The summed E-state index contributed by atoms with van der Waals surface area (Å²) in [6.07, 6.45) is 3.31. The fraction of sp³-hybridized carbons (Fsp3) is 0.643. The molecule has 2 heterocycles. The number of benzene rings is 1. The van der Waals surface area contributed by atoms with Crippen LogP contribution in [0.25, 0.3) is 0 Å². The summed E-state index contributed by atoms with van der Waals surface area (Å²) in [4.78, 5) is 87.0. The van der Waals surface area contributed by atoms with Gasteiger partial charge in [0.2, 0.25) is 11.8 Å². The van der Waals surface area contributed by atoms with Crippen LogP contribution in [0.1, 0.15) is 127 Å². The predicted octanol–water partition coefficient (Wildman–Crippen LogP) is 5.46. The van der Waals surface area contributed by atoms with Gasteiger partial charge >= 0.3 is 17.9 Å². The lowest BCUT2D eigenvalue weighted by atomic mass is 9.92. The Morgan fingerprint density at radius 1 is 1.02 bits per heavy atom. The maximum atomic E-state index is 14.7. The number of hydrogen-bond acceptors (Lipinski definition) is 12. The van der Waals surface area contributed by atoms with E-state index in [1.54, 1.807) is 19.1 Å². The molecule has 4 N–H and O–H groups in total. The number of aromatic nitrogens is 1. The Balaban J connectivity index is 1.95. The second-order valence-electron chi connectivity index (χ2n) is 15.8. The summed E-state index contributed by atoms with van der Waals surface area (Å²) < 4.78 is 11.5. The molecule has 1 aromatic carbocycles. The zero-order valence-corrected chi connectivity index (χ0v) is 36.0. The van der Waals surface area contributed by atoms with Crippen molar-refractivity contribution in [3.8, 4) is 5.75 Å². The van der Waals surface area contributed by atoms with Gasteiger partial charge in [-0.15, -0.1) is 11.3 Å². The summed E-state index contributed by atoms with van der Waals surface area (Å²) >= 11 is 1.10. The van der Waals surface area contributed by atoms with E-state index in [1.165, 1.54) is 29.3 Å². The van der Waals surface area contributed by atoms with E-state index in [2.05, 4.69) is 15.6 Å². The van der Waals surface area contributed by atoms with E-state index in [9.17, 15) is 39.0 Å². The zero-order chi connectivity index (χ0) is 43.1. The van der Waals surface area contributed by atoms with Crippen molar-refractivity contribution < 1.29 is 48.5 Å². The van der Waals surface area contributed by atoms with Crippen LogP contribution in [0.4, 0.5) is 0 Å². The van der Waals surface area contributed by atoms with Crippen LogP contribution in [-0.4, -0.2) is 105 Å². The number of hydrogen-bond donors (Lipinski definition) is 4. The minimum Gasteiger partial charge on any atom is -0.508 e. The molecule has 15 nitrogen and oxygen atoms in total. The van der Waals surface area contributed by atoms with Crippen LogP contribution in [0.15, 0.2) is 29.6 Å². The highest BCUT2D eigenvalue weighted by Crippen LogP contribution is 2.32. The molecule has 0 spiro atoms. The van der Waals surface area contributed by atoms with Crippen LogP contribution in [0.2, 0.25) is 0 Å². The zero-order valence-electron chi connectivity index (χ0n) is 35.2. The van der Waals surface area contributed by atoms with Crippen molar-refractivity contribution in [2.45, 2.75) is 137 Å². The van der Waals surface area contributed by atoms with Crippen LogP contribution in [-0.2, 0) is 39.9 Å². The van der Waals surface area contributed by atoms with E-state index in [0.717, 1.165) is 36.3 Å². The molecule has 1 aromatic heterocycles. The van der Waals surface area contributed by atoms with Crippen molar-refractivity contribution in [2.75, 3.05) is 20.3 Å². The van der Waals surface area contributed by atoms with Gasteiger partial charge in [-0.25, -0.2) is 4.98 Å². The summed E-state index contributed by atoms with van der Waals surface area (Å²) in [5.41, 5.74) is 0.816. The van der Waals surface area contributed by atoms with Gasteiger partial charge in [0.25, 0.3) is 5.91 Å². The fourth-order valence-corrected chi connectivity index (χ4v) is 7.91. The van der Waals surface area contributed by atoms with E-state index in [1.807, 2.05) is 46.6 Å². The van der Waals surface area contributed by atoms with Crippen molar-refractivity contribution in [1.82, 2.24) is 25.4 Å². The van der Waals surface area contributed by atoms with E-state index in [-0.39, 0.29) is 61.2 Å². The molecule has 1 aliphatic heterocycles. The first kappa shape index (κ1) is 47.8. The highest BCUT2D eigenvalue weighted by molar-refractivity contribution is 7.09. The van der Waals surface area contributed by atoms with Gasteiger partial charge in [0.1, 0.15) is 22.5 Å². The van der Waals surface area contributed by atoms with Crippen LogP contribution in [0.5, 0.6) is 5.75 Å². The highest BCUT2D eigenvalue weighted by Gasteiger charge is 2.39. The lowest BCUT2D eigenvalue weighted by Crippen LogP contribution is -2.59. The molecular weight excluding hydrogens is 767 g/mol. The molecule has 1 aliphatic rings. The third-order valence-corrected chi connectivity index (χ3v) is 11.7. The van der Waals surface area contributed by atoms with Crippen molar-refractivity contribution in [3.05, 3.63) is 45.9 Å². The SMILES string of the molecule is CCCC(=O)OCN(C(=O)[C@H](NC(=O)[C@@H]1CCCCN1C)[C@@H](C)CC)[C@@H](C[C@H](OC(C)=O)c1nc(C(=O)N[C@H](Cc2ccc(O)cc2)C[C@@H](C)C(=O)O)cs1)C(C)C. The number of phenolic OH excluding ortho intramolecular Hbond substituents is 1. The standard InChI is InChI=1S/C42H63N5O10S/c1-9-13-36(50)56-24-47(41(53)37(26(5)10-2)45-39(52)33-14-11-12-19-46(33)8)34(25(3)4)22-35(57-28(7)48)40-44-32(23-58-40)38(51)43-30(20-27(6)42(54)55)21-29-15-17-31(49)18-16-29/h15-18,23,25-27,30,33-35,37,49H,9-14,19-22,24H2,1-8H3,(H,43,51)(H,45,52)(H,54,55)/t26-,27+,30-,33-,34-,35-,37+/m0/s1. The van der Waals surface area contributed by atoms with E-state index < -0.39 is 59.9 Å².